The average molecular weight is 290 g/mol. The SMILES string of the molecule is CCCC(CCC)C(=O)O[C@H]1[C@H](O)CC(O)O[C@@H]1CO. The third kappa shape index (κ3) is 4.70. The first-order valence-corrected chi connectivity index (χ1v) is 7.36. The molecule has 1 aliphatic heterocycles. The molecule has 3 N–H and O–H groups in total. The second-order valence-electron chi connectivity index (χ2n) is 5.29. The molecule has 1 saturated heterocycles. The van der Waals surface area contributed by atoms with E-state index in [1.807, 2.05) is 13.8 Å². The number of hydrogen-bond acceptors (Lipinski definition) is 6. The summed E-state index contributed by atoms with van der Waals surface area (Å²) in [6.45, 7) is 3.58. The molecule has 6 heteroatoms. The van der Waals surface area contributed by atoms with Gasteiger partial charge < -0.3 is 24.8 Å². The third-order valence-corrected chi connectivity index (χ3v) is 3.56. The molecular formula is C14H26O6. The highest BCUT2D eigenvalue weighted by molar-refractivity contribution is 5.72. The van der Waals surface area contributed by atoms with Crippen LogP contribution >= 0.6 is 0 Å². The quantitative estimate of drug-likeness (QED) is 0.593. The maximum absolute atomic E-state index is 12.1. The number of carbonyl (C=O) groups excluding carboxylic acids is 1. The Morgan fingerprint density at radius 1 is 1.30 bits per heavy atom. The Kier molecular flexibility index (Phi) is 7.43. The van der Waals surface area contributed by atoms with E-state index in [-0.39, 0.29) is 18.3 Å². The summed E-state index contributed by atoms with van der Waals surface area (Å²) in [5.41, 5.74) is 0. The molecule has 4 atom stereocenters. The highest BCUT2D eigenvalue weighted by Gasteiger charge is 2.40. The molecule has 6 nitrogen and oxygen atoms in total. The van der Waals surface area contributed by atoms with Crippen molar-refractivity contribution in [3.8, 4) is 0 Å². The van der Waals surface area contributed by atoms with E-state index in [0.717, 1.165) is 25.7 Å². The van der Waals surface area contributed by atoms with Gasteiger partial charge in [-0.05, 0) is 12.8 Å². The predicted octanol–water partition coefficient (Wildman–Crippen LogP) is 0.575. The Morgan fingerprint density at radius 2 is 1.90 bits per heavy atom. The molecule has 0 aromatic rings. The van der Waals surface area contributed by atoms with E-state index < -0.39 is 31.2 Å². The first-order chi connectivity index (χ1) is 9.53. The molecule has 0 bridgehead atoms. The first-order valence-electron chi connectivity index (χ1n) is 7.36. The van der Waals surface area contributed by atoms with Gasteiger partial charge in [-0.1, -0.05) is 26.7 Å². The zero-order chi connectivity index (χ0) is 15.1. The Morgan fingerprint density at radius 3 is 2.40 bits per heavy atom. The van der Waals surface area contributed by atoms with Crippen molar-refractivity contribution in [3.05, 3.63) is 0 Å². The number of carbonyl (C=O) groups is 1. The normalized spacial score (nSPS) is 30.5. The van der Waals surface area contributed by atoms with Crippen molar-refractivity contribution in [2.75, 3.05) is 6.61 Å². The molecule has 0 amide bonds. The van der Waals surface area contributed by atoms with E-state index in [4.69, 9.17) is 9.47 Å². The minimum Gasteiger partial charge on any atom is -0.457 e. The Labute approximate surface area is 119 Å². The Bertz CT molecular complexity index is 289. The zero-order valence-corrected chi connectivity index (χ0v) is 12.2. The van der Waals surface area contributed by atoms with Crippen molar-refractivity contribution in [1.82, 2.24) is 0 Å². The highest BCUT2D eigenvalue weighted by atomic mass is 16.6. The van der Waals surface area contributed by atoms with E-state index in [0.29, 0.717) is 0 Å². The molecule has 1 heterocycles. The van der Waals surface area contributed by atoms with E-state index in [9.17, 15) is 20.1 Å². The van der Waals surface area contributed by atoms with Crippen molar-refractivity contribution in [1.29, 1.82) is 0 Å². The van der Waals surface area contributed by atoms with Crippen LogP contribution < -0.4 is 0 Å². The van der Waals surface area contributed by atoms with E-state index in [1.165, 1.54) is 0 Å². The summed E-state index contributed by atoms with van der Waals surface area (Å²) in [7, 11) is 0. The van der Waals surface area contributed by atoms with Gasteiger partial charge in [0.1, 0.15) is 6.10 Å². The molecule has 20 heavy (non-hydrogen) atoms. The van der Waals surface area contributed by atoms with E-state index in [2.05, 4.69) is 0 Å². The van der Waals surface area contributed by atoms with Gasteiger partial charge >= 0.3 is 5.97 Å². The van der Waals surface area contributed by atoms with Crippen LogP contribution in [0.1, 0.15) is 46.0 Å². The van der Waals surface area contributed by atoms with Crippen LogP contribution in [0.5, 0.6) is 0 Å². The topological polar surface area (TPSA) is 96.2 Å². The summed E-state index contributed by atoms with van der Waals surface area (Å²) >= 11 is 0. The summed E-state index contributed by atoms with van der Waals surface area (Å²) in [5, 5.41) is 28.5. The van der Waals surface area contributed by atoms with Gasteiger partial charge in [0, 0.05) is 6.42 Å². The summed E-state index contributed by atoms with van der Waals surface area (Å²) in [5.74, 6) is -0.556. The Hall–Kier alpha value is -0.690. The molecule has 0 aromatic carbocycles. The standard InChI is InChI=1S/C14H26O6/c1-3-5-9(6-4-2)14(18)20-13-10(16)7-12(17)19-11(13)8-15/h9-13,15-17H,3-8H2,1-2H3/t10-,11-,12?,13+/m1/s1. The number of aliphatic hydroxyl groups is 3. The summed E-state index contributed by atoms with van der Waals surface area (Å²) in [6.07, 6.45) is -0.764. The lowest BCUT2D eigenvalue weighted by atomic mass is 9.97. The van der Waals surface area contributed by atoms with Crippen molar-refractivity contribution < 1.29 is 29.6 Å². The lowest BCUT2D eigenvalue weighted by molar-refractivity contribution is -0.248. The van der Waals surface area contributed by atoms with Gasteiger partial charge in [0.05, 0.1) is 18.6 Å². The fourth-order valence-electron chi connectivity index (χ4n) is 2.53. The molecule has 0 saturated carbocycles. The van der Waals surface area contributed by atoms with Gasteiger partial charge in [0.15, 0.2) is 12.4 Å². The second kappa shape index (κ2) is 8.56. The van der Waals surface area contributed by atoms with Crippen LogP contribution in [-0.2, 0) is 14.3 Å². The van der Waals surface area contributed by atoms with Gasteiger partial charge in [-0.25, -0.2) is 0 Å². The molecular weight excluding hydrogens is 264 g/mol. The maximum atomic E-state index is 12.1. The number of esters is 1. The number of hydrogen-bond donors (Lipinski definition) is 3. The molecule has 1 rings (SSSR count). The summed E-state index contributed by atoms with van der Waals surface area (Å²) in [4.78, 5) is 12.1. The minimum absolute atomic E-state index is 0.0271. The average Bonchev–Trinajstić information content (AvgIpc) is 2.41. The zero-order valence-electron chi connectivity index (χ0n) is 12.2. The van der Waals surface area contributed by atoms with Gasteiger partial charge in [-0.2, -0.15) is 0 Å². The molecule has 1 aliphatic rings. The van der Waals surface area contributed by atoms with Crippen LogP contribution in [-0.4, -0.2) is 52.5 Å². The molecule has 1 fully saturated rings. The van der Waals surface area contributed by atoms with Crippen LogP contribution in [0.25, 0.3) is 0 Å². The van der Waals surface area contributed by atoms with Crippen molar-refractivity contribution in [2.45, 2.75) is 70.6 Å². The van der Waals surface area contributed by atoms with Gasteiger partial charge in [-0.3, -0.25) is 4.79 Å². The maximum Gasteiger partial charge on any atom is 0.309 e. The lowest BCUT2D eigenvalue weighted by Crippen LogP contribution is -2.52. The summed E-state index contributed by atoms with van der Waals surface area (Å²) < 4.78 is 10.4. The monoisotopic (exact) mass is 290 g/mol. The highest BCUT2D eigenvalue weighted by Crippen LogP contribution is 2.24. The number of ether oxygens (including phenoxy) is 2. The van der Waals surface area contributed by atoms with Crippen molar-refractivity contribution in [3.63, 3.8) is 0 Å². The van der Waals surface area contributed by atoms with Gasteiger partial charge in [0.2, 0.25) is 0 Å². The third-order valence-electron chi connectivity index (χ3n) is 3.56. The Balaban J connectivity index is 2.65. The van der Waals surface area contributed by atoms with E-state index >= 15 is 0 Å². The lowest BCUT2D eigenvalue weighted by Gasteiger charge is -2.37. The first kappa shape index (κ1) is 17.4. The predicted molar refractivity (Wildman–Crippen MR) is 71.8 cm³/mol. The van der Waals surface area contributed by atoms with Crippen LogP contribution in [0.4, 0.5) is 0 Å². The molecule has 0 aromatic heterocycles. The molecule has 1 unspecified atom stereocenters. The molecule has 0 radical (unpaired) electrons. The van der Waals surface area contributed by atoms with Crippen LogP contribution in [0.2, 0.25) is 0 Å². The number of rotatable bonds is 7. The largest absolute Gasteiger partial charge is 0.457 e. The van der Waals surface area contributed by atoms with Crippen molar-refractivity contribution in [2.24, 2.45) is 5.92 Å². The van der Waals surface area contributed by atoms with Gasteiger partial charge in [0.25, 0.3) is 0 Å². The summed E-state index contributed by atoms with van der Waals surface area (Å²) in [6, 6.07) is 0. The molecule has 0 aliphatic carbocycles. The fourth-order valence-corrected chi connectivity index (χ4v) is 2.53. The fraction of sp³-hybridized carbons (Fsp3) is 0.929. The molecule has 118 valence electrons. The van der Waals surface area contributed by atoms with Crippen LogP contribution in [0.3, 0.4) is 0 Å². The smallest absolute Gasteiger partial charge is 0.309 e. The minimum atomic E-state index is -1.14. The van der Waals surface area contributed by atoms with Gasteiger partial charge in [-0.15, -0.1) is 0 Å². The van der Waals surface area contributed by atoms with Crippen LogP contribution in [0.15, 0.2) is 0 Å². The van der Waals surface area contributed by atoms with Crippen LogP contribution in [0, 0.1) is 5.92 Å². The second-order valence-corrected chi connectivity index (χ2v) is 5.29. The van der Waals surface area contributed by atoms with Crippen molar-refractivity contribution >= 4 is 5.97 Å². The number of aliphatic hydroxyl groups excluding tert-OH is 3. The molecule has 0 spiro atoms. The van der Waals surface area contributed by atoms with E-state index in [1.54, 1.807) is 0 Å².